The second-order valence-electron chi connectivity index (χ2n) is 4.63. The predicted octanol–water partition coefficient (Wildman–Crippen LogP) is 3.26. The van der Waals surface area contributed by atoms with Gasteiger partial charge in [-0.15, -0.1) is 0 Å². The predicted molar refractivity (Wildman–Crippen MR) is 73.0 cm³/mol. The van der Waals surface area contributed by atoms with Gasteiger partial charge in [0.25, 0.3) is 5.91 Å². The number of nitrogens with one attached hydrogen (secondary N) is 1. The van der Waals surface area contributed by atoms with Crippen LogP contribution in [0.1, 0.15) is 36.0 Å². The minimum absolute atomic E-state index is 0.0390. The Kier molecular flexibility index (Phi) is 4.38. The lowest BCUT2D eigenvalue weighted by atomic mass is 9.87. The molecule has 18 heavy (non-hydrogen) atoms. The van der Waals surface area contributed by atoms with Gasteiger partial charge in [0.15, 0.2) is 0 Å². The lowest BCUT2D eigenvalue weighted by Gasteiger charge is -2.25. The number of carbonyl (C=O) groups excluding carboxylic acids is 1. The largest absolute Gasteiger partial charge is 0.349 e. The van der Waals surface area contributed by atoms with Gasteiger partial charge < -0.3 is 5.32 Å². The molecule has 0 radical (unpaired) electrons. The molecule has 0 bridgehead atoms. The topological polar surface area (TPSA) is 52.9 Å². The Hall–Kier alpha value is -1.34. The van der Waals surface area contributed by atoms with Crippen LogP contribution in [0.3, 0.4) is 0 Å². The Bertz CT molecular complexity index is 473. The molecule has 1 aliphatic carbocycles. The quantitative estimate of drug-likeness (QED) is 0.911. The van der Waals surface area contributed by atoms with Crippen LogP contribution in [0.25, 0.3) is 0 Å². The molecule has 2 rings (SSSR count). The number of halogens is 1. The second-order valence-corrected chi connectivity index (χ2v) is 5.49. The number of benzene rings is 1. The first-order valence-electron chi connectivity index (χ1n) is 6.15. The molecule has 1 aromatic rings. The van der Waals surface area contributed by atoms with Crippen LogP contribution in [0.2, 0.25) is 0 Å². The van der Waals surface area contributed by atoms with Crippen LogP contribution in [0, 0.1) is 17.2 Å². The van der Waals surface area contributed by atoms with Crippen LogP contribution < -0.4 is 5.32 Å². The lowest BCUT2D eigenvalue weighted by molar-refractivity contribution is 0.0924. The smallest absolute Gasteiger partial charge is 0.252 e. The van der Waals surface area contributed by atoms with Gasteiger partial charge in [0, 0.05) is 16.4 Å². The standard InChI is InChI=1S/C14H15BrN2O/c15-13-4-2-1-3-12(13)14(18)17-11-7-5-10(9-16)6-8-11/h1-4,10-11H,5-8H2,(H,17,18). The van der Waals surface area contributed by atoms with Gasteiger partial charge in [0.1, 0.15) is 0 Å². The van der Waals surface area contributed by atoms with Gasteiger partial charge in [0.2, 0.25) is 0 Å². The van der Waals surface area contributed by atoms with Gasteiger partial charge in [-0.2, -0.15) is 5.26 Å². The van der Waals surface area contributed by atoms with Crippen molar-refractivity contribution in [2.24, 2.45) is 5.92 Å². The van der Waals surface area contributed by atoms with Gasteiger partial charge >= 0.3 is 0 Å². The molecule has 1 aromatic carbocycles. The summed E-state index contributed by atoms with van der Waals surface area (Å²) in [7, 11) is 0. The lowest BCUT2D eigenvalue weighted by Crippen LogP contribution is -2.37. The number of hydrogen-bond donors (Lipinski definition) is 1. The first-order valence-corrected chi connectivity index (χ1v) is 6.95. The van der Waals surface area contributed by atoms with E-state index in [4.69, 9.17) is 5.26 Å². The Morgan fingerprint density at radius 3 is 2.56 bits per heavy atom. The van der Waals surface area contributed by atoms with Crippen LogP contribution in [0.15, 0.2) is 28.7 Å². The summed E-state index contributed by atoms with van der Waals surface area (Å²) in [5.74, 6) is 0.129. The molecule has 0 unspecified atom stereocenters. The Morgan fingerprint density at radius 1 is 1.28 bits per heavy atom. The van der Waals surface area contributed by atoms with Crippen molar-refractivity contribution in [3.8, 4) is 6.07 Å². The molecule has 4 heteroatoms. The molecule has 1 N–H and O–H groups in total. The molecule has 0 saturated heterocycles. The van der Waals surface area contributed by atoms with Crippen LogP contribution in [0.4, 0.5) is 0 Å². The number of hydrogen-bond acceptors (Lipinski definition) is 2. The van der Waals surface area contributed by atoms with E-state index in [1.165, 1.54) is 0 Å². The zero-order chi connectivity index (χ0) is 13.0. The summed E-state index contributed by atoms with van der Waals surface area (Å²) in [6.45, 7) is 0. The molecule has 1 amide bonds. The number of amides is 1. The number of nitrogens with zero attached hydrogens (tertiary/aromatic N) is 1. The summed E-state index contributed by atoms with van der Waals surface area (Å²) in [6, 6.07) is 9.91. The summed E-state index contributed by atoms with van der Waals surface area (Å²) >= 11 is 3.38. The fraction of sp³-hybridized carbons (Fsp3) is 0.429. The average Bonchev–Trinajstić information content (AvgIpc) is 2.40. The maximum absolute atomic E-state index is 12.1. The van der Waals surface area contributed by atoms with Crippen molar-refractivity contribution in [3.05, 3.63) is 34.3 Å². The molecule has 0 heterocycles. The van der Waals surface area contributed by atoms with Crippen molar-refractivity contribution in [3.63, 3.8) is 0 Å². The molecule has 94 valence electrons. The first kappa shape index (κ1) is 13.1. The third-order valence-corrected chi connectivity index (χ3v) is 4.05. The van der Waals surface area contributed by atoms with Gasteiger partial charge in [-0.3, -0.25) is 4.79 Å². The molecular formula is C14H15BrN2O. The SMILES string of the molecule is N#CC1CCC(NC(=O)c2ccccc2Br)CC1. The van der Waals surface area contributed by atoms with E-state index in [-0.39, 0.29) is 17.9 Å². The number of nitriles is 1. The molecule has 0 aliphatic heterocycles. The van der Waals surface area contributed by atoms with Crippen LogP contribution in [-0.2, 0) is 0 Å². The maximum Gasteiger partial charge on any atom is 0.252 e. The van der Waals surface area contributed by atoms with Crippen molar-refractivity contribution in [2.45, 2.75) is 31.7 Å². The molecule has 0 atom stereocenters. The Balaban J connectivity index is 1.93. The van der Waals surface area contributed by atoms with E-state index in [0.29, 0.717) is 5.56 Å². The van der Waals surface area contributed by atoms with Gasteiger partial charge in [-0.25, -0.2) is 0 Å². The second kappa shape index (κ2) is 6.01. The fourth-order valence-electron chi connectivity index (χ4n) is 2.28. The monoisotopic (exact) mass is 306 g/mol. The highest BCUT2D eigenvalue weighted by molar-refractivity contribution is 9.10. The highest BCUT2D eigenvalue weighted by Gasteiger charge is 2.22. The van der Waals surface area contributed by atoms with Crippen molar-refractivity contribution in [2.75, 3.05) is 0 Å². The summed E-state index contributed by atoms with van der Waals surface area (Å²) < 4.78 is 0.813. The van der Waals surface area contributed by atoms with E-state index in [2.05, 4.69) is 27.3 Å². The normalized spacial score (nSPS) is 23.1. The fourth-order valence-corrected chi connectivity index (χ4v) is 2.74. The van der Waals surface area contributed by atoms with E-state index >= 15 is 0 Å². The maximum atomic E-state index is 12.1. The van der Waals surface area contributed by atoms with E-state index < -0.39 is 0 Å². The zero-order valence-corrected chi connectivity index (χ0v) is 11.6. The summed E-state index contributed by atoms with van der Waals surface area (Å²) in [5.41, 5.74) is 0.667. The van der Waals surface area contributed by atoms with Crippen LogP contribution in [-0.4, -0.2) is 11.9 Å². The van der Waals surface area contributed by atoms with E-state index in [1.54, 1.807) is 6.07 Å². The highest BCUT2D eigenvalue weighted by Crippen LogP contribution is 2.24. The third kappa shape index (κ3) is 3.11. The molecule has 1 fully saturated rings. The zero-order valence-electron chi connectivity index (χ0n) is 10.0. The molecule has 0 aromatic heterocycles. The average molecular weight is 307 g/mol. The summed E-state index contributed by atoms with van der Waals surface area (Å²) in [4.78, 5) is 12.1. The molecule has 0 spiro atoms. The van der Waals surface area contributed by atoms with Crippen molar-refractivity contribution < 1.29 is 4.79 Å². The Labute approximate surface area is 115 Å². The summed E-state index contributed by atoms with van der Waals surface area (Å²) in [6.07, 6.45) is 3.57. The minimum Gasteiger partial charge on any atom is -0.349 e. The van der Waals surface area contributed by atoms with Gasteiger partial charge in [-0.1, -0.05) is 12.1 Å². The van der Waals surface area contributed by atoms with Crippen LogP contribution in [0.5, 0.6) is 0 Å². The summed E-state index contributed by atoms with van der Waals surface area (Å²) in [5, 5.41) is 11.9. The third-order valence-electron chi connectivity index (χ3n) is 3.36. The molecular weight excluding hydrogens is 292 g/mol. The van der Waals surface area contributed by atoms with E-state index in [9.17, 15) is 4.79 Å². The highest BCUT2D eigenvalue weighted by atomic mass is 79.9. The van der Waals surface area contributed by atoms with E-state index in [0.717, 1.165) is 30.2 Å². The van der Waals surface area contributed by atoms with Crippen molar-refractivity contribution in [1.82, 2.24) is 5.32 Å². The van der Waals surface area contributed by atoms with Gasteiger partial charge in [0.05, 0.1) is 11.6 Å². The van der Waals surface area contributed by atoms with Crippen LogP contribution >= 0.6 is 15.9 Å². The molecule has 3 nitrogen and oxygen atoms in total. The first-order chi connectivity index (χ1) is 8.70. The number of carbonyl (C=O) groups is 1. The number of rotatable bonds is 2. The van der Waals surface area contributed by atoms with Crippen molar-refractivity contribution >= 4 is 21.8 Å². The molecule has 1 aliphatic rings. The van der Waals surface area contributed by atoms with Crippen molar-refractivity contribution in [1.29, 1.82) is 5.26 Å². The minimum atomic E-state index is -0.0390. The van der Waals surface area contributed by atoms with E-state index in [1.807, 2.05) is 18.2 Å². The van der Waals surface area contributed by atoms with Gasteiger partial charge in [-0.05, 0) is 53.7 Å². The Morgan fingerprint density at radius 2 is 1.94 bits per heavy atom. The molecule has 1 saturated carbocycles.